The second-order valence-electron chi connectivity index (χ2n) is 5.81. The largest absolute Gasteiger partial charge is 0.342 e. The fourth-order valence-electron chi connectivity index (χ4n) is 2.23. The van der Waals surface area contributed by atoms with Crippen LogP contribution in [-0.4, -0.2) is 26.8 Å². The van der Waals surface area contributed by atoms with Gasteiger partial charge in [0.1, 0.15) is 5.82 Å². The fraction of sp³-hybridized carbons (Fsp3) is 0.471. The second kappa shape index (κ2) is 8.15. The summed E-state index contributed by atoms with van der Waals surface area (Å²) in [5.41, 5.74) is 1.89. The minimum Gasteiger partial charge on any atom is -0.342 e. The van der Waals surface area contributed by atoms with Crippen LogP contribution in [0.4, 0.5) is 0 Å². The van der Waals surface area contributed by atoms with Gasteiger partial charge in [-0.2, -0.15) is 16.9 Å². The Labute approximate surface area is 141 Å². The van der Waals surface area contributed by atoms with E-state index in [2.05, 4.69) is 27.4 Å². The van der Waals surface area contributed by atoms with Gasteiger partial charge in [-0.1, -0.05) is 32.9 Å². The van der Waals surface area contributed by atoms with Gasteiger partial charge in [0.25, 0.3) is 5.91 Å². The molecule has 0 radical (unpaired) electrons. The molecular formula is C17H24N4OS. The molecule has 0 aliphatic heterocycles. The van der Waals surface area contributed by atoms with Crippen molar-refractivity contribution in [2.24, 2.45) is 5.92 Å². The third kappa shape index (κ3) is 4.82. The van der Waals surface area contributed by atoms with Crippen molar-refractivity contribution < 1.29 is 4.79 Å². The highest BCUT2D eigenvalue weighted by Crippen LogP contribution is 2.19. The average Bonchev–Trinajstić information content (AvgIpc) is 2.96. The first-order valence-corrected chi connectivity index (χ1v) is 9.03. The number of amides is 1. The summed E-state index contributed by atoms with van der Waals surface area (Å²) < 4.78 is 0. The number of carbonyl (C=O) groups is 1. The number of aryl methyl sites for hydroxylation is 1. The van der Waals surface area contributed by atoms with E-state index in [0.717, 1.165) is 17.3 Å². The molecule has 2 rings (SSSR count). The van der Waals surface area contributed by atoms with E-state index in [0.29, 0.717) is 11.4 Å². The molecule has 0 unspecified atom stereocenters. The number of hydrogen-bond donors (Lipinski definition) is 2. The molecule has 1 atom stereocenters. The first-order valence-electron chi connectivity index (χ1n) is 7.87. The fourth-order valence-corrected chi connectivity index (χ4v) is 2.86. The highest BCUT2D eigenvalue weighted by molar-refractivity contribution is 7.98. The Bertz CT molecular complexity index is 636. The van der Waals surface area contributed by atoms with E-state index in [-0.39, 0.29) is 17.9 Å². The lowest BCUT2D eigenvalue weighted by atomic mass is 10.0. The number of carbonyl (C=O) groups excluding carboxylic acids is 1. The van der Waals surface area contributed by atoms with Crippen LogP contribution in [0.5, 0.6) is 0 Å². The van der Waals surface area contributed by atoms with E-state index < -0.39 is 0 Å². The molecule has 6 heteroatoms. The average molecular weight is 332 g/mol. The number of nitrogens with one attached hydrogen (secondary N) is 2. The van der Waals surface area contributed by atoms with Gasteiger partial charge in [0.15, 0.2) is 5.82 Å². The maximum Gasteiger partial charge on any atom is 0.251 e. The van der Waals surface area contributed by atoms with Gasteiger partial charge in [-0.05, 0) is 36.3 Å². The van der Waals surface area contributed by atoms with Gasteiger partial charge in [0.05, 0.1) is 6.04 Å². The standard InChI is InChI=1S/C17H24N4OS/c1-5-23-10-13-6-8-14(9-7-13)17(22)19-15(11(2)3)16-18-12(4)20-21-16/h6-9,11,15H,5,10H2,1-4H3,(H,19,22)(H,18,20,21)/t15-/m0/s1. The minimum atomic E-state index is -0.206. The molecule has 2 N–H and O–H groups in total. The Balaban J connectivity index is 2.06. The molecule has 23 heavy (non-hydrogen) atoms. The van der Waals surface area contributed by atoms with Gasteiger partial charge in [-0.25, -0.2) is 4.98 Å². The highest BCUT2D eigenvalue weighted by Gasteiger charge is 2.22. The zero-order valence-electron chi connectivity index (χ0n) is 14.1. The lowest BCUT2D eigenvalue weighted by molar-refractivity contribution is 0.0923. The number of hydrogen-bond acceptors (Lipinski definition) is 4. The van der Waals surface area contributed by atoms with Crippen molar-refractivity contribution in [1.29, 1.82) is 0 Å². The van der Waals surface area contributed by atoms with Crippen LogP contribution in [0.2, 0.25) is 0 Å². The molecule has 1 heterocycles. The van der Waals surface area contributed by atoms with Crippen LogP contribution in [0.1, 0.15) is 54.4 Å². The van der Waals surface area contributed by atoms with Gasteiger partial charge in [-0.3, -0.25) is 9.89 Å². The number of benzene rings is 1. The van der Waals surface area contributed by atoms with Gasteiger partial charge < -0.3 is 5.32 Å². The molecule has 0 spiro atoms. The smallest absolute Gasteiger partial charge is 0.251 e. The molecule has 0 saturated carbocycles. The Morgan fingerprint density at radius 3 is 2.52 bits per heavy atom. The molecular weight excluding hydrogens is 308 g/mol. The van der Waals surface area contributed by atoms with E-state index in [9.17, 15) is 4.79 Å². The molecule has 1 amide bonds. The molecule has 0 saturated heterocycles. The van der Waals surface area contributed by atoms with Crippen LogP contribution in [0.15, 0.2) is 24.3 Å². The molecule has 124 valence electrons. The van der Waals surface area contributed by atoms with E-state index in [1.54, 1.807) is 0 Å². The van der Waals surface area contributed by atoms with Crippen molar-refractivity contribution in [3.63, 3.8) is 0 Å². The number of rotatable bonds is 7. The first kappa shape index (κ1) is 17.5. The van der Waals surface area contributed by atoms with E-state index in [4.69, 9.17) is 0 Å². The van der Waals surface area contributed by atoms with Crippen molar-refractivity contribution in [3.05, 3.63) is 47.0 Å². The zero-order chi connectivity index (χ0) is 16.8. The molecule has 0 bridgehead atoms. The van der Waals surface area contributed by atoms with Crippen LogP contribution in [0.3, 0.4) is 0 Å². The normalized spacial score (nSPS) is 12.4. The monoisotopic (exact) mass is 332 g/mol. The number of aromatic amines is 1. The lowest BCUT2D eigenvalue weighted by Crippen LogP contribution is -2.32. The lowest BCUT2D eigenvalue weighted by Gasteiger charge is -2.19. The van der Waals surface area contributed by atoms with E-state index in [1.807, 2.05) is 56.8 Å². The molecule has 5 nitrogen and oxygen atoms in total. The third-order valence-corrected chi connectivity index (χ3v) is 4.48. The predicted octanol–water partition coefficient (Wildman–Crippen LogP) is 3.49. The van der Waals surface area contributed by atoms with E-state index in [1.165, 1.54) is 5.56 Å². The summed E-state index contributed by atoms with van der Waals surface area (Å²) in [5.74, 6) is 3.55. The summed E-state index contributed by atoms with van der Waals surface area (Å²) in [6.45, 7) is 8.08. The maximum atomic E-state index is 12.5. The van der Waals surface area contributed by atoms with Crippen LogP contribution in [0, 0.1) is 12.8 Å². The Hall–Kier alpha value is -1.82. The van der Waals surface area contributed by atoms with Gasteiger partial charge in [-0.15, -0.1) is 0 Å². The summed E-state index contributed by atoms with van der Waals surface area (Å²) in [7, 11) is 0. The van der Waals surface area contributed by atoms with E-state index >= 15 is 0 Å². The number of thioether (sulfide) groups is 1. The molecule has 0 fully saturated rings. The van der Waals surface area contributed by atoms with Crippen molar-refractivity contribution >= 4 is 17.7 Å². The Morgan fingerprint density at radius 1 is 1.30 bits per heavy atom. The van der Waals surface area contributed by atoms with Crippen LogP contribution in [-0.2, 0) is 5.75 Å². The minimum absolute atomic E-state index is 0.0964. The highest BCUT2D eigenvalue weighted by atomic mass is 32.2. The van der Waals surface area contributed by atoms with Crippen LogP contribution in [0.25, 0.3) is 0 Å². The van der Waals surface area contributed by atoms with Crippen molar-refractivity contribution in [3.8, 4) is 0 Å². The SMILES string of the molecule is CCSCc1ccc(C(=O)N[C@H](c2n[nH]c(C)n2)C(C)C)cc1. The van der Waals surface area contributed by atoms with Gasteiger partial charge in [0.2, 0.25) is 0 Å². The Kier molecular flexibility index (Phi) is 6.21. The molecule has 0 aliphatic carbocycles. The zero-order valence-corrected chi connectivity index (χ0v) is 14.9. The number of nitrogens with zero attached hydrogens (tertiary/aromatic N) is 2. The van der Waals surface area contributed by atoms with Gasteiger partial charge in [0, 0.05) is 11.3 Å². The van der Waals surface area contributed by atoms with Gasteiger partial charge >= 0.3 is 0 Å². The van der Waals surface area contributed by atoms with Crippen LogP contribution < -0.4 is 5.32 Å². The topological polar surface area (TPSA) is 70.7 Å². The van der Waals surface area contributed by atoms with Crippen molar-refractivity contribution in [2.45, 2.75) is 39.5 Å². The molecule has 1 aromatic heterocycles. The molecule has 0 aliphatic rings. The maximum absolute atomic E-state index is 12.5. The van der Waals surface area contributed by atoms with Crippen molar-refractivity contribution in [2.75, 3.05) is 5.75 Å². The predicted molar refractivity (Wildman–Crippen MR) is 94.4 cm³/mol. The third-order valence-electron chi connectivity index (χ3n) is 3.53. The quantitative estimate of drug-likeness (QED) is 0.814. The number of aromatic nitrogens is 3. The summed E-state index contributed by atoms with van der Waals surface area (Å²) in [6, 6.07) is 7.57. The Morgan fingerprint density at radius 2 is 2.00 bits per heavy atom. The van der Waals surface area contributed by atoms with Crippen LogP contribution >= 0.6 is 11.8 Å². The summed E-state index contributed by atoms with van der Waals surface area (Å²) in [4.78, 5) is 16.8. The second-order valence-corrected chi connectivity index (χ2v) is 7.08. The molecule has 2 aromatic rings. The van der Waals surface area contributed by atoms with Crippen molar-refractivity contribution in [1.82, 2.24) is 20.5 Å². The molecule has 1 aromatic carbocycles. The first-order chi connectivity index (χ1) is 11.0. The summed E-state index contributed by atoms with van der Waals surface area (Å²) >= 11 is 1.87. The summed E-state index contributed by atoms with van der Waals surface area (Å²) in [5, 5.41) is 10.0. The number of H-pyrrole nitrogens is 1. The summed E-state index contributed by atoms with van der Waals surface area (Å²) in [6.07, 6.45) is 0.